The topological polar surface area (TPSA) is 64.9 Å². The zero-order chi connectivity index (χ0) is 19.6. The zero-order valence-corrected chi connectivity index (χ0v) is 14.4. The molecule has 0 radical (unpaired) electrons. The first kappa shape index (κ1) is 17.8. The van der Waals surface area contributed by atoms with Crippen LogP contribution in [0.3, 0.4) is 0 Å². The summed E-state index contributed by atoms with van der Waals surface area (Å²) in [7, 11) is 0. The summed E-state index contributed by atoms with van der Waals surface area (Å²) in [5, 5.41) is 2.95. The van der Waals surface area contributed by atoms with Gasteiger partial charge in [-0.25, -0.2) is 15.0 Å². The molecule has 0 amide bonds. The van der Waals surface area contributed by atoms with Gasteiger partial charge in [-0.2, -0.15) is 0 Å². The molecule has 1 aliphatic carbocycles. The second kappa shape index (κ2) is 7.18. The van der Waals surface area contributed by atoms with E-state index < -0.39 is 6.36 Å². The van der Waals surface area contributed by atoms with E-state index in [0.717, 1.165) is 5.69 Å². The maximum atomic E-state index is 12.7. The van der Waals surface area contributed by atoms with Crippen LogP contribution in [0.4, 0.5) is 24.8 Å². The smallest absolute Gasteiger partial charge is 0.404 e. The number of ether oxygens (including phenoxy) is 1. The number of halogens is 3. The van der Waals surface area contributed by atoms with Gasteiger partial charge in [0.15, 0.2) is 5.75 Å². The van der Waals surface area contributed by atoms with Crippen molar-refractivity contribution in [3.8, 4) is 11.6 Å². The van der Waals surface area contributed by atoms with Crippen LogP contribution in [0, 0.1) is 0 Å². The van der Waals surface area contributed by atoms with Crippen LogP contribution in [0.1, 0.15) is 11.4 Å². The van der Waals surface area contributed by atoms with Crippen molar-refractivity contribution in [3.05, 3.63) is 72.5 Å². The monoisotopic (exact) mass is 385 g/mol. The molecule has 6 nitrogen and oxygen atoms in total. The van der Waals surface area contributed by atoms with Crippen LogP contribution in [0.5, 0.6) is 5.75 Å². The van der Waals surface area contributed by atoms with Crippen molar-refractivity contribution in [2.24, 2.45) is 0 Å². The first-order valence-corrected chi connectivity index (χ1v) is 8.34. The van der Waals surface area contributed by atoms with Crippen molar-refractivity contribution in [1.29, 1.82) is 0 Å². The van der Waals surface area contributed by atoms with Gasteiger partial charge < -0.3 is 10.1 Å². The van der Waals surface area contributed by atoms with Crippen LogP contribution in [-0.2, 0) is 6.42 Å². The van der Waals surface area contributed by atoms with E-state index >= 15 is 0 Å². The highest BCUT2D eigenvalue weighted by molar-refractivity contribution is 5.66. The van der Waals surface area contributed by atoms with Crippen LogP contribution >= 0.6 is 0 Å². The van der Waals surface area contributed by atoms with Crippen LogP contribution in [-0.4, -0.2) is 25.9 Å². The van der Waals surface area contributed by atoms with Gasteiger partial charge in [0.05, 0.1) is 17.1 Å². The standard InChI is InChI=1S/C19H14F3N5O/c20-19(21,22)28-16-9-5-4-7-14(16)26-18-25-13-6-2-1-3-8-15(13)27(18)17-10-11-23-12-24-17/h1-7,9-12H,8H2,(H,25,26). The fraction of sp³-hybridized carbons (Fsp3) is 0.105. The first-order chi connectivity index (χ1) is 13.5. The van der Waals surface area contributed by atoms with Crippen molar-refractivity contribution in [2.75, 3.05) is 5.32 Å². The number of allylic oxidation sites excluding steroid dienone is 3. The molecule has 0 atom stereocenters. The van der Waals surface area contributed by atoms with E-state index in [2.05, 4.69) is 25.0 Å². The van der Waals surface area contributed by atoms with Crippen molar-refractivity contribution < 1.29 is 17.9 Å². The number of para-hydroxylation sites is 2. The lowest BCUT2D eigenvalue weighted by molar-refractivity contribution is -0.274. The second-order valence-corrected chi connectivity index (χ2v) is 5.83. The van der Waals surface area contributed by atoms with Crippen LogP contribution in [0.15, 0.2) is 61.1 Å². The van der Waals surface area contributed by atoms with Crippen LogP contribution in [0.25, 0.3) is 11.9 Å². The Morgan fingerprint density at radius 1 is 1.11 bits per heavy atom. The number of hydrogen-bond acceptors (Lipinski definition) is 5. The molecular weight excluding hydrogens is 371 g/mol. The number of aromatic nitrogens is 4. The van der Waals surface area contributed by atoms with Gasteiger partial charge in [-0.05, 0) is 24.3 Å². The van der Waals surface area contributed by atoms with Crippen LogP contribution < -0.4 is 10.1 Å². The minimum Gasteiger partial charge on any atom is -0.404 e. The van der Waals surface area contributed by atoms with E-state index in [1.165, 1.54) is 24.5 Å². The van der Waals surface area contributed by atoms with E-state index in [1.54, 1.807) is 22.9 Å². The van der Waals surface area contributed by atoms with Gasteiger partial charge in [0, 0.05) is 12.6 Å². The third-order valence-corrected chi connectivity index (χ3v) is 3.97. The third-order valence-electron chi connectivity index (χ3n) is 3.97. The largest absolute Gasteiger partial charge is 0.573 e. The Kier molecular flexibility index (Phi) is 4.56. The van der Waals surface area contributed by atoms with Crippen molar-refractivity contribution in [3.63, 3.8) is 0 Å². The minimum absolute atomic E-state index is 0.134. The van der Waals surface area contributed by atoms with Crippen molar-refractivity contribution in [1.82, 2.24) is 19.5 Å². The SMILES string of the molecule is FC(F)(F)Oc1ccccc1Nc1nc2c(n1-c1ccncn1)CC=CC=C2. The number of hydrogen-bond donors (Lipinski definition) is 1. The first-order valence-electron chi connectivity index (χ1n) is 8.34. The van der Waals surface area contributed by atoms with E-state index in [1.807, 2.05) is 24.3 Å². The van der Waals surface area contributed by atoms with Gasteiger partial charge in [-0.15, -0.1) is 13.2 Å². The molecule has 9 heteroatoms. The average molecular weight is 385 g/mol. The summed E-state index contributed by atoms with van der Waals surface area (Å²) in [6.07, 6.45) is 6.33. The lowest BCUT2D eigenvalue weighted by atomic mass is 10.2. The molecule has 0 saturated heterocycles. The number of anilines is 2. The lowest BCUT2D eigenvalue weighted by Crippen LogP contribution is -2.18. The minimum atomic E-state index is -4.80. The molecule has 1 N–H and O–H groups in total. The Labute approximate surface area is 158 Å². The molecule has 0 spiro atoms. The summed E-state index contributed by atoms with van der Waals surface area (Å²) in [5.74, 6) is 0.518. The Morgan fingerprint density at radius 3 is 2.75 bits per heavy atom. The third kappa shape index (κ3) is 3.73. The number of alkyl halides is 3. The lowest BCUT2D eigenvalue weighted by Gasteiger charge is -2.15. The summed E-state index contributed by atoms with van der Waals surface area (Å²) >= 11 is 0. The Hall–Kier alpha value is -3.62. The number of rotatable bonds is 4. The zero-order valence-electron chi connectivity index (χ0n) is 14.4. The van der Waals surface area contributed by atoms with Gasteiger partial charge in [0.2, 0.25) is 5.95 Å². The summed E-state index contributed by atoms with van der Waals surface area (Å²) in [6.45, 7) is 0. The van der Waals surface area contributed by atoms with Gasteiger partial charge in [0.25, 0.3) is 0 Å². The molecule has 2 aromatic heterocycles. The maximum Gasteiger partial charge on any atom is 0.573 e. The van der Waals surface area contributed by atoms with E-state index in [0.29, 0.717) is 23.9 Å². The molecule has 3 aromatic rings. The van der Waals surface area contributed by atoms with E-state index in [-0.39, 0.29) is 11.4 Å². The Balaban J connectivity index is 1.80. The molecule has 0 unspecified atom stereocenters. The fourth-order valence-corrected chi connectivity index (χ4v) is 2.86. The predicted octanol–water partition coefficient (Wildman–Crippen LogP) is 4.43. The maximum absolute atomic E-state index is 12.7. The quantitative estimate of drug-likeness (QED) is 0.720. The highest BCUT2D eigenvalue weighted by atomic mass is 19.4. The highest BCUT2D eigenvalue weighted by Crippen LogP contribution is 2.33. The molecule has 28 heavy (non-hydrogen) atoms. The molecule has 1 aromatic carbocycles. The molecule has 0 bridgehead atoms. The second-order valence-electron chi connectivity index (χ2n) is 5.83. The number of nitrogens with zero attached hydrogens (tertiary/aromatic N) is 4. The summed E-state index contributed by atoms with van der Waals surface area (Å²) in [6, 6.07) is 7.50. The van der Waals surface area contributed by atoms with Gasteiger partial charge in [-0.1, -0.05) is 30.4 Å². The molecule has 2 heterocycles. The summed E-state index contributed by atoms with van der Waals surface area (Å²) in [4.78, 5) is 12.7. The molecule has 142 valence electrons. The average Bonchev–Trinajstić information content (AvgIpc) is 2.83. The molecule has 1 aliphatic rings. The number of benzene rings is 1. The van der Waals surface area contributed by atoms with Gasteiger partial charge >= 0.3 is 6.36 Å². The summed E-state index contributed by atoms with van der Waals surface area (Å²) in [5.41, 5.74) is 1.68. The Morgan fingerprint density at radius 2 is 1.96 bits per heavy atom. The molecule has 0 saturated carbocycles. The molecule has 0 fully saturated rings. The normalized spacial score (nSPS) is 13.1. The molecular formula is C19H14F3N5O. The van der Waals surface area contributed by atoms with Crippen molar-refractivity contribution >= 4 is 17.7 Å². The molecule has 0 aliphatic heterocycles. The number of imidazole rings is 1. The van der Waals surface area contributed by atoms with Gasteiger partial charge in [-0.3, -0.25) is 4.57 Å². The van der Waals surface area contributed by atoms with Crippen molar-refractivity contribution in [2.45, 2.75) is 12.8 Å². The number of fused-ring (bicyclic) bond motifs is 1. The highest BCUT2D eigenvalue weighted by Gasteiger charge is 2.32. The number of nitrogens with one attached hydrogen (secondary N) is 1. The van der Waals surface area contributed by atoms with E-state index in [9.17, 15) is 13.2 Å². The van der Waals surface area contributed by atoms with Crippen LogP contribution in [0.2, 0.25) is 0 Å². The van der Waals surface area contributed by atoms with Gasteiger partial charge in [0.1, 0.15) is 12.1 Å². The summed E-state index contributed by atoms with van der Waals surface area (Å²) < 4.78 is 44.1. The predicted molar refractivity (Wildman–Crippen MR) is 97.4 cm³/mol. The molecule has 4 rings (SSSR count). The fourth-order valence-electron chi connectivity index (χ4n) is 2.86. The van der Waals surface area contributed by atoms with E-state index in [4.69, 9.17) is 0 Å². The Bertz CT molecular complexity index is 1040.